The maximum absolute atomic E-state index is 10.8. The molecule has 0 aromatic heterocycles. The normalized spacial score (nSPS) is 10.6. The van der Waals surface area contributed by atoms with Gasteiger partial charge in [0.15, 0.2) is 0 Å². The Kier molecular flexibility index (Phi) is 3.17. The van der Waals surface area contributed by atoms with Crippen LogP contribution in [0.4, 0.5) is 0 Å². The highest BCUT2D eigenvalue weighted by molar-refractivity contribution is 6.33. The summed E-state index contributed by atoms with van der Waals surface area (Å²) in [6, 6.07) is 3.60. The first kappa shape index (κ1) is 11.1. The lowest BCUT2D eigenvalue weighted by Crippen LogP contribution is -2.02. The Morgan fingerprint density at radius 2 is 2.00 bits per heavy atom. The molecule has 0 fully saturated rings. The number of aromatic carboxylic acids is 1. The first-order valence-electron chi connectivity index (χ1n) is 4.46. The van der Waals surface area contributed by atoms with Gasteiger partial charge in [0.1, 0.15) is 0 Å². The van der Waals surface area contributed by atoms with Crippen LogP contribution in [-0.2, 0) is 0 Å². The molecule has 0 radical (unpaired) electrons. The van der Waals surface area contributed by atoms with E-state index in [1.54, 1.807) is 13.0 Å². The number of hydrogen-bond donors (Lipinski definition) is 1. The average Bonchev–Trinajstić information content (AvgIpc) is 2.01. The molecule has 0 aliphatic heterocycles. The maximum atomic E-state index is 10.8. The molecule has 0 spiro atoms. The topological polar surface area (TPSA) is 37.3 Å². The zero-order valence-corrected chi connectivity index (χ0v) is 9.22. The number of halogens is 1. The van der Waals surface area contributed by atoms with Gasteiger partial charge in [0, 0.05) is 0 Å². The zero-order valence-electron chi connectivity index (χ0n) is 8.47. The Bertz CT molecular complexity index is 347. The molecule has 2 nitrogen and oxygen atoms in total. The fourth-order valence-corrected chi connectivity index (χ4v) is 1.73. The van der Waals surface area contributed by atoms with Crippen LogP contribution in [0, 0.1) is 6.92 Å². The van der Waals surface area contributed by atoms with Crippen LogP contribution in [-0.4, -0.2) is 11.1 Å². The maximum Gasteiger partial charge on any atom is 0.337 e. The molecule has 0 atom stereocenters. The Hall–Kier alpha value is -1.02. The summed E-state index contributed by atoms with van der Waals surface area (Å²) in [4.78, 5) is 10.8. The van der Waals surface area contributed by atoms with Crippen LogP contribution in [0.1, 0.15) is 41.3 Å². The van der Waals surface area contributed by atoms with Crippen molar-refractivity contribution < 1.29 is 9.90 Å². The highest BCUT2D eigenvalue weighted by atomic mass is 35.5. The molecule has 0 bridgehead atoms. The van der Waals surface area contributed by atoms with Gasteiger partial charge in [0.2, 0.25) is 0 Å². The van der Waals surface area contributed by atoms with Crippen molar-refractivity contribution in [2.45, 2.75) is 26.7 Å². The van der Waals surface area contributed by atoms with E-state index in [0.29, 0.717) is 16.5 Å². The summed E-state index contributed by atoms with van der Waals surface area (Å²) in [6.45, 7) is 5.86. The predicted octanol–water partition coefficient (Wildman–Crippen LogP) is 3.47. The van der Waals surface area contributed by atoms with Gasteiger partial charge in [-0.15, -0.1) is 0 Å². The second kappa shape index (κ2) is 4.01. The van der Waals surface area contributed by atoms with Gasteiger partial charge in [-0.3, -0.25) is 0 Å². The van der Waals surface area contributed by atoms with Crippen LogP contribution < -0.4 is 0 Å². The number of carboxylic acids is 1. The van der Waals surface area contributed by atoms with Crippen molar-refractivity contribution in [1.29, 1.82) is 0 Å². The first-order valence-corrected chi connectivity index (χ1v) is 4.84. The lowest BCUT2D eigenvalue weighted by atomic mass is 9.98. The number of carboxylic acid groups (broad SMARTS) is 1. The molecule has 14 heavy (non-hydrogen) atoms. The lowest BCUT2D eigenvalue weighted by Gasteiger charge is -2.10. The summed E-state index contributed by atoms with van der Waals surface area (Å²) in [5.74, 6) is -0.614. The Labute approximate surface area is 88.5 Å². The van der Waals surface area contributed by atoms with E-state index in [-0.39, 0.29) is 5.56 Å². The second-order valence-electron chi connectivity index (χ2n) is 3.65. The van der Waals surface area contributed by atoms with Crippen molar-refractivity contribution in [2.75, 3.05) is 0 Å². The molecule has 0 aliphatic carbocycles. The zero-order chi connectivity index (χ0) is 10.9. The van der Waals surface area contributed by atoms with Crippen molar-refractivity contribution in [1.82, 2.24) is 0 Å². The first-order chi connectivity index (χ1) is 6.43. The van der Waals surface area contributed by atoms with Gasteiger partial charge >= 0.3 is 5.97 Å². The lowest BCUT2D eigenvalue weighted by molar-refractivity contribution is 0.0696. The molecule has 1 rings (SSSR count). The summed E-state index contributed by atoms with van der Waals surface area (Å²) < 4.78 is 0. The highest BCUT2D eigenvalue weighted by Gasteiger charge is 2.14. The van der Waals surface area contributed by atoms with Crippen LogP contribution in [0.15, 0.2) is 12.1 Å². The third-order valence-electron chi connectivity index (χ3n) is 2.19. The van der Waals surface area contributed by atoms with Crippen molar-refractivity contribution >= 4 is 17.6 Å². The SMILES string of the molecule is Cc1cc(C(C)C)cc(Cl)c1C(=O)O. The standard InChI is InChI=1S/C11H13ClO2/c1-6(2)8-4-7(3)10(11(13)14)9(12)5-8/h4-6H,1-3H3,(H,13,14). The van der Waals surface area contributed by atoms with Crippen LogP contribution in [0.3, 0.4) is 0 Å². The largest absolute Gasteiger partial charge is 0.478 e. The van der Waals surface area contributed by atoms with Crippen molar-refractivity contribution in [3.63, 3.8) is 0 Å². The molecule has 1 N–H and O–H groups in total. The van der Waals surface area contributed by atoms with Crippen LogP contribution in [0.25, 0.3) is 0 Å². The van der Waals surface area contributed by atoms with Gasteiger partial charge in [-0.1, -0.05) is 31.5 Å². The summed E-state index contributed by atoms with van der Waals surface area (Å²) in [5, 5.41) is 9.21. The molecular weight excluding hydrogens is 200 g/mol. The van der Waals surface area contributed by atoms with E-state index < -0.39 is 5.97 Å². The highest BCUT2D eigenvalue weighted by Crippen LogP contribution is 2.26. The number of benzene rings is 1. The van der Waals surface area contributed by atoms with Gasteiger partial charge in [0.25, 0.3) is 0 Å². The van der Waals surface area contributed by atoms with Crippen LogP contribution >= 0.6 is 11.6 Å². The molecule has 1 aromatic rings. The predicted molar refractivity (Wildman–Crippen MR) is 57.2 cm³/mol. The summed E-state index contributed by atoms with van der Waals surface area (Å²) >= 11 is 5.89. The monoisotopic (exact) mass is 212 g/mol. The van der Waals surface area contributed by atoms with Gasteiger partial charge < -0.3 is 5.11 Å². The minimum Gasteiger partial charge on any atom is -0.478 e. The smallest absolute Gasteiger partial charge is 0.337 e. The van der Waals surface area contributed by atoms with Gasteiger partial charge in [-0.2, -0.15) is 0 Å². The van der Waals surface area contributed by atoms with Gasteiger partial charge in [-0.05, 0) is 30.0 Å². The Morgan fingerprint density at radius 1 is 1.43 bits per heavy atom. The third kappa shape index (κ3) is 2.07. The van der Waals surface area contributed by atoms with E-state index in [2.05, 4.69) is 0 Å². The molecule has 0 heterocycles. The molecular formula is C11H13ClO2. The molecule has 76 valence electrons. The molecule has 0 amide bonds. The molecule has 0 aliphatic rings. The summed E-state index contributed by atoms with van der Waals surface area (Å²) in [6.07, 6.45) is 0. The fourth-order valence-electron chi connectivity index (χ4n) is 1.37. The quantitative estimate of drug-likeness (QED) is 0.815. The van der Waals surface area contributed by atoms with Crippen molar-refractivity contribution in [3.8, 4) is 0 Å². The van der Waals surface area contributed by atoms with E-state index in [1.807, 2.05) is 19.9 Å². The van der Waals surface area contributed by atoms with Crippen LogP contribution in [0.5, 0.6) is 0 Å². The van der Waals surface area contributed by atoms with Gasteiger partial charge in [0.05, 0.1) is 10.6 Å². The number of aryl methyl sites for hydroxylation is 1. The molecule has 0 saturated heterocycles. The number of rotatable bonds is 2. The van der Waals surface area contributed by atoms with E-state index in [9.17, 15) is 4.79 Å². The van der Waals surface area contributed by atoms with Crippen molar-refractivity contribution in [2.24, 2.45) is 0 Å². The summed E-state index contributed by atoms with van der Waals surface area (Å²) in [7, 11) is 0. The second-order valence-corrected chi connectivity index (χ2v) is 4.06. The minimum absolute atomic E-state index is 0.205. The van der Waals surface area contributed by atoms with E-state index in [0.717, 1.165) is 5.56 Å². The van der Waals surface area contributed by atoms with E-state index >= 15 is 0 Å². The Morgan fingerprint density at radius 3 is 2.36 bits per heavy atom. The molecule has 3 heteroatoms. The van der Waals surface area contributed by atoms with Gasteiger partial charge in [-0.25, -0.2) is 4.79 Å². The third-order valence-corrected chi connectivity index (χ3v) is 2.49. The molecule has 0 unspecified atom stereocenters. The van der Waals surface area contributed by atoms with Crippen LogP contribution in [0.2, 0.25) is 5.02 Å². The number of hydrogen-bond acceptors (Lipinski definition) is 1. The molecule has 0 saturated carbocycles. The minimum atomic E-state index is -0.970. The fraction of sp³-hybridized carbons (Fsp3) is 0.364. The van der Waals surface area contributed by atoms with Crippen molar-refractivity contribution in [3.05, 3.63) is 33.8 Å². The van der Waals surface area contributed by atoms with E-state index in [4.69, 9.17) is 16.7 Å². The number of carbonyl (C=O) groups is 1. The molecule has 1 aromatic carbocycles. The average molecular weight is 213 g/mol. The Balaban J connectivity index is 3.32. The summed E-state index contributed by atoms with van der Waals surface area (Å²) in [5.41, 5.74) is 1.99. The van der Waals surface area contributed by atoms with E-state index in [1.165, 1.54) is 0 Å².